The largest absolute Gasteiger partial charge is 0.464 e. The molecule has 2 fully saturated rings. The second-order valence-corrected chi connectivity index (χ2v) is 21.3. The number of thiazole rings is 1. The number of ether oxygens (including phenoxy) is 3. The van der Waals surface area contributed by atoms with Gasteiger partial charge in [0.2, 0.25) is 5.91 Å². The maximum Gasteiger partial charge on any atom is 0.323 e. The summed E-state index contributed by atoms with van der Waals surface area (Å²) in [5.41, 5.74) is 8.85. The molecule has 6 heterocycles. The van der Waals surface area contributed by atoms with E-state index in [-0.39, 0.29) is 43.7 Å². The molecule has 2 saturated heterocycles. The molecular weight excluding hydrogens is 885 g/mol. The first-order valence-electron chi connectivity index (χ1n) is 23.3. The first-order chi connectivity index (χ1) is 31.8. The summed E-state index contributed by atoms with van der Waals surface area (Å²) in [6.07, 6.45) is 3.33. The van der Waals surface area contributed by atoms with E-state index in [0.29, 0.717) is 56.9 Å². The van der Waals surface area contributed by atoms with Gasteiger partial charge in [-0.15, -0.1) is 11.3 Å². The standard InChI is InChI=1S/C50H65N8O7SSi/c1-11-32(28-64-34-26-56(27-34)42(59)18-20-49(6,7)55(8)9)45(60)53-38-24-41-52-39(29-66-41)33-16-17-40-36(23-33)37(44(57(40)12-2)35-15-13-21-51-43(35)31(3)63-10)25-48(4,5)30-65-47(62)50(67)19-14-22-58(54-50)46(38)61/h13,15-17,21,23,29,31-32,34,38,54H,11-12,14,19,22,24-28,30H2,1-10H3,(H,53,60)/t31-,32-,38-,50-/m0/s1. The molecule has 3 radical (unpaired) electrons. The molecule has 2 N–H and O–H groups in total. The number of hydrazine groups is 1. The Kier molecular flexibility index (Phi) is 15.1. The van der Waals surface area contributed by atoms with Gasteiger partial charge in [-0.1, -0.05) is 32.8 Å². The van der Waals surface area contributed by atoms with Crippen molar-refractivity contribution >= 4 is 56.2 Å². The Morgan fingerprint density at radius 2 is 1.94 bits per heavy atom. The molecule has 3 aliphatic heterocycles. The van der Waals surface area contributed by atoms with Crippen LogP contribution in [-0.4, -0.2) is 140 Å². The fourth-order valence-electron chi connectivity index (χ4n) is 8.65. The predicted molar refractivity (Wildman–Crippen MR) is 260 cm³/mol. The molecule has 67 heavy (non-hydrogen) atoms. The van der Waals surface area contributed by atoms with E-state index >= 15 is 0 Å². The zero-order chi connectivity index (χ0) is 48.4. The minimum Gasteiger partial charge on any atom is -0.464 e. The van der Waals surface area contributed by atoms with Gasteiger partial charge in [0, 0.05) is 78.7 Å². The van der Waals surface area contributed by atoms with Gasteiger partial charge in [-0.3, -0.25) is 34.1 Å². The molecule has 17 heteroatoms. The quantitative estimate of drug-likeness (QED) is 0.114. The van der Waals surface area contributed by atoms with E-state index in [0.717, 1.165) is 44.7 Å². The number of methoxy groups -OCH3 is 1. The number of nitrogens with zero attached hydrogens (tertiary/aromatic N) is 6. The Morgan fingerprint density at radius 1 is 1.18 bits per heavy atom. The van der Waals surface area contributed by atoms with Crippen LogP contribution < -0.4 is 10.7 Å². The lowest BCUT2D eigenvalue weighted by molar-refractivity contribution is -0.158. The van der Waals surface area contributed by atoms with E-state index < -0.39 is 40.0 Å². The Bertz CT molecular complexity index is 2560. The van der Waals surface area contributed by atoms with Gasteiger partial charge in [0.05, 0.1) is 69.2 Å². The summed E-state index contributed by atoms with van der Waals surface area (Å²) in [5, 5.41) is 6.79. The number of hydrogen-bond donors (Lipinski definition) is 2. The van der Waals surface area contributed by atoms with Crippen LogP contribution in [0.3, 0.4) is 0 Å². The van der Waals surface area contributed by atoms with Crippen LogP contribution in [0.25, 0.3) is 33.4 Å². The number of nitrogens with one attached hydrogen (secondary N) is 2. The van der Waals surface area contributed by atoms with E-state index in [4.69, 9.17) is 24.2 Å². The lowest BCUT2D eigenvalue weighted by Crippen LogP contribution is -2.67. The number of cyclic esters (lactones) is 1. The third kappa shape index (κ3) is 10.8. The van der Waals surface area contributed by atoms with Crippen LogP contribution in [0.4, 0.5) is 0 Å². The number of esters is 1. The Labute approximate surface area is 402 Å². The Hall–Kier alpha value is -4.96. The van der Waals surface area contributed by atoms with Crippen molar-refractivity contribution in [1.29, 1.82) is 0 Å². The van der Waals surface area contributed by atoms with Gasteiger partial charge in [0.25, 0.3) is 11.8 Å². The van der Waals surface area contributed by atoms with Crippen LogP contribution in [-0.2, 0) is 52.8 Å². The van der Waals surface area contributed by atoms with E-state index in [1.165, 1.54) is 16.3 Å². The van der Waals surface area contributed by atoms with Crippen molar-refractivity contribution in [1.82, 2.24) is 40.1 Å². The lowest BCUT2D eigenvalue weighted by atomic mass is 9.84. The number of rotatable bonds is 11. The van der Waals surface area contributed by atoms with Crippen LogP contribution >= 0.6 is 11.3 Å². The van der Waals surface area contributed by atoms with Crippen molar-refractivity contribution in [2.45, 2.75) is 116 Å². The third-order valence-electron chi connectivity index (χ3n) is 13.4. The van der Waals surface area contributed by atoms with E-state index in [2.05, 4.69) is 82.4 Å². The van der Waals surface area contributed by atoms with Crippen LogP contribution in [0, 0.1) is 23.2 Å². The highest BCUT2D eigenvalue weighted by molar-refractivity contribution is 7.10. The molecule has 0 aliphatic carbocycles. The maximum atomic E-state index is 14.6. The number of pyridine rings is 1. The SMILES string of the molecule is CC[C@@H](COC1CN(C(=O)C#CC(C)(C)N(C)C)C1)C(=O)N[C@H]1Cc2nc(cs2)-c2ccc3c(c2)c(c(-c2cccnc2[C@H](C)OC)n3CC)CC(C)(C)COC(=O)[C@@]2([Si])CCCN(N2)C1=O. The van der Waals surface area contributed by atoms with Crippen molar-refractivity contribution in [2.75, 3.05) is 54.1 Å². The third-order valence-corrected chi connectivity index (χ3v) is 14.8. The van der Waals surface area contributed by atoms with Gasteiger partial charge >= 0.3 is 5.97 Å². The average Bonchev–Trinajstić information content (AvgIpc) is 3.88. The molecular formula is C50H65N8O7SSi. The number of hydrogen-bond acceptors (Lipinski definition) is 12. The molecule has 3 amide bonds. The molecule has 357 valence electrons. The molecule has 15 nitrogen and oxygen atoms in total. The van der Waals surface area contributed by atoms with Crippen molar-refractivity contribution < 1.29 is 33.4 Å². The molecule has 4 atom stereocenters. The molecule has 3 aliphatic rings. The number of aryl methyl sites for hydroxylation is 1. The molecule has 4 aromatic rings. The van der Waals surface area contributed by atoms with E-state index in [1.807, 2.05) is 58.1 Å². The van der Waals surface area contributed by atoms with Crippen molar-refractivity contribution in [3.8, 4) is 34.4 Å². The van der Waals surface area contributed by atoms with Gasteiger partial charge in [-0.25, -0.2) is 10.4 Å². The summed E-state index contributed by atoms with van der Waals surface area (Å²) < 4.78 is 20.4. The number of carbonyl (C=O) groups excluding carboxylic acids is 4. The van der Waals surface area contributed by atoms with E-state index in [1.54, 1.807) is 18.2 Å². The predicted octanol–water partition coefficient (Wildman–Crippen LogP) is 5.30. The summed E-state index contributed by atoms with van der Waals surface area (Å²) in [5.74, 6) is 3.70. The summed E-state index contributed by atoms with van der Waals surface area (Å²) in [4.78, 5) is 69.0. The van der Waals surface area contributed by atoms with Gasteiger partial charge in [-0.2, -0.15) is 0 Å². The number of carbonyl (C=O) groups is 4. The highest BCUT2D eigenvalue weighted by Gasteiger charge is 2.43. The molecule has 0 spiro atoms. The lowest BCUT2D eigenvalue weighted by Gasteiger charge is -2.41. The van der Waals surface area contributed by atoms with Crippen LogP contribution in [0.5, 0.6) is 0 Å². The molecule has 7 rings (SSSR count). The summed E-state index contributed by atoms with van der Waals surface area (Å²) >= 11 is 1.43. The summed E-state index contributed by atoms with van der Waals surface area (Å²) in [6.45, 7) is 16.1. The van der Waals surface area contributed by atoms with Crippen molar-refractivity contribution in [3.05, 3.63) is 58.2 Å². The fourth-order valence-corrected chi connectivity index (χ4v) is 9.89. The van der Waals surface area contributed by atoms with Crippen LogP contribution in [0.2, 0.25) is 0 Å². The van der Waals surface area contributed by atoms with Crippen molar-refractivity contribution in [3.63, 3.8) is 0 Å². The number of benzene rings is 1. The Morgan fingerprint density at radius 3 is 2.64 bits per heavy atom. The van der Waals surface area contributed by atoms with Gasteiger partial charge in [-0.05, 0) is 103 Å². The van der Waals surface area contributed by atoms with Gasteiger partial charge < -0.3 is 29.0 Å². The monoisotopic (exact) mass is 949 g/mol. The highest BCUT2D eigenvalue weighted by atomic mass is 32.1. The molecule has 0 saturated carbocycles. The highest BCUT2D eigenvalue weighted by Crippen LogP contribution is 2.42. The normalized spacial score (nSPS) is 21.2. The minimum absolute atomic E-state index is 0.104. The van der Waals surface area contributed by atoms with E-state index in [9.17, 15) is 19.2 Å². The minimum atomic E-state index is -1.39. The molecule has 1 aromatic carbocycles. The van der Waals surface area contributed by atoms with Crippen LogP contribution in [0.15, 0.2) is 41.9 Å². The second kappa shape index (κ2) is 20.3. The number of likely N-dealkylation sites (tertiary alicyclic amines) is 1. The smallest absolute Gasteiger partial charge is 0.323 e. The first-order valence-corrected chi connectivity index (χ1v) is 24.7. The van der Waals surface area contributed by atoms with Gasteiger partial charge in [0.15, 0.2) is 0 Å². The molecule has 0 unspecified atom stereocenters. The van der Waals surface area contributed by atoms with Crippen molar-refractivity contribution in [2.24, 2.45) is 11.3 Å². The average molecular weight is 950 g/mol. The number of amides is 3. The number of aromatic nitrogens is 3. The van der Waals surface area contributed by atoms with Crippen LogP contribution in [0.1, 0.15) is 90.1 Å². The summed E-state index contributed by atoms with van der Waals surface area (Å²) in [6, 6.07) is 9.42. The zero-order valence-electron chi connectivity index (χ0n) is 40.6. The zero-order valence-corrected chi connectivity index (χ0v) is 42.4. The first kappa shape index (κ1) is 49.9. The van der Waals surface area contributed by atoms with Gasteiger partial charge in [0.1, 0.15) is 11.2 Å². The maximum absolute atomic E-state index is 14.6. The second-order valence-electron chi connectivity index (χ2n) is 19.5. The molecule has 6 bridgehead atoms. The number of fused-ring (bicyclic) bond motifs is 6. The fraction of sp³-hybridized carbons (Fsp3) is 0.560. The molecule has 3 aromatic heterocycles. The Balaban J connectivity index is 1.19. The summed E-state index contributed by atoms with van der Waals surface area (Å²) in [7, 11) is 9.24. The topological polar surface area (TPSA) is 160 Å².